The average Bonchev–Trinajstić information content (AvgIpc) is 2.71. The van der Waals surface area contributed by atoms with Gasteiger partial charge in [0.25, 0.3) is 0 Å². The van der Waals surface area contributed by atoms with E-state index in [0.29, 0.717) is 19.0 Å². The van der Waals surface area contributed by atoms with Gasteiger partial charge < -0.3 is 15.0 Å². The Morgan fingerprint density at radius 3 is 2.79 bits per heavy atom. The fraction of sp³-hybridized carbons (Fsp3) is 0.636. The first-order valence-corrected chi connectivity index (χ1v) is 10.4. The predicted molar refractivity (Wildman–Crippen MR) is 109 cm³/mol. The minimum absolute atomic E-state index is 0.0361. The van der Waals surface area contributed by atoms with E-state index in [4.69, 9.17) is 4.74 Å². The van der Waals surface area contributed by atoms with Crippen LogP contribution in [0.1, 0.15) is 36.8 Å². The molecule has 2 amide bonds. The van der Waals surface area contributed by atoms with E-state index in [1.54, 1.807) is 4.90 Å². The molecule has 2 saturated heterocycles. The lowest BCUT2D eigenvalue weighted by molar-refractivity contribution is -0.138. The van der Waals surface area contributed by atoms with E-state index in [2.05, 4.69) is 29.3 Å². The molecule has 3 rings (SSSR count). The highest BCUT2D eigenvalue weighted by atomic mass is 16.5. The van der Waals surface area contributed by atoms with Crippen LogP contribution in [0.5, 0.6) is 0 Å². The van der Waals surface area contributed by atoms with Crippen LogP contribution >= 0.6 is 0 Å². The summed E-state index contributed by atoms with van der Waals surface area (Å²) in [5.41, 5.74) is 2.43. The molecule has 2 aliphatic heterocycles. The van der Waals surface area contributed by atoms with Crippen molar-refractivity contribution < 1.29 is 14.3 Å². The van der Waals surface area contributed by atoms with Crippen LogP contribution in [0.25, 0.3) is 0 Å². The molecule has 1 unspecified atom stereocenters. The SMILES string of the molecule is Cc1ccccc1CN1CCNC(=O)C1CC(=O)N(C)CCC1CCOCC1. The first-order chi connectivity index (χ1) is 13.5. The molecule has 0 saturated carbocycles. The van der Waals surface area contributed by atoms with E-state index in [0.717, 1.165) is 45.6 Å². The van der Waals surface area contributed by atoms with Gasteiger partial charge in [-0.15, -0.1) is 0 Å². The van der Waals surface area contributed by atoms with Crippen LogP contribution in [0.2, 0.25) is 0 Å². The van der Waals surface area contributed by atoms with Crippen LogP contribution in [0.15, 0.2) is 24.3 Å². The van der Waals surface area contributed by atoms with Crippen LogP contribution in [-0.2, 0) is 20.9 Å². The molecular formula is C22H33N3O3. The van der Waals surface area contributed by atoms with Crippen molar-refractivity contribution in [2.45, 2.75) is 45.2 Å². The van der Waals surface area contributed by atoms with Gasteiger partial charge in [-0.05, 0) is 43.2 Å². The highest BCUT2D eigenvalue weighted by Crippen LogP contribution is 2.20. The highest BCUT2D eigenvalue weighted by Gasteiger charge is 2.32. The van der Waals surface area contributed by atoms with Crippen LogP contribution in [0.4, 0.5) is 0 Å². The zero-order valence-corrected chi connectivity index (χ0v) is 17.2. The van der Waals surface area contributed by atoms with Gasteiger partial charge in [-0.2, -0.15) is 0 Å². The van der Waals surface area contributed by atoms with Crippen molar-refractivity contribution in [3.05, 3.63) is 35.4 Å². The van der Waals surface area contributed by atoms with Crippen molar-refractivity contribution in [3.63, 3.8) is 0 Å². The van der Waals surface area contributed by atoms with Gasteiger partial charge in [-0.3, -0.25) is 14.5 Å². The number of nitrogens with zero attached hydrogens (tertiary/aromatic N) is 2. The number of ether oxygens (including phenoxy) is 1. The molecule has 2 aliphatic rings. The Morgan fingerprint density at radius 2 is 2.04 bits per heavy atom. The number of benzene rings is 1. The monoisotopic (exact) mass is 387 g/mol. The largest absolute Gasteiger partial charge is 0.381 e. The first-order valence-electron chi connectivity index (χ1n) is 10.4. The van der Waals surface area contributed by atoms with E-state index >= 15 is 0 Å². The molecule has 0 aromatic heterocycles. The van der Waals surface area contributed by atoms with Gasteiger partial charge >= 0.3 is 0 Å². The fourth-order valence-corrected chi connectivity index (χ4v) is 4.04. The van der Waals surface area contributed by atoms with E-state index in [1.165, 1.54) is 11.1 Å². The standard InChI is InChI=1S/C22H33N3O3/c1-17-5-3-4-6-19(17)16-25-12-10-23-22(27)20(25)15-21(26)24(2)11-7-18-8-13-28-14-9-18/h3-6,18,20H,7-16H2,1-2H3,(H,23,27). The Morgan fingerprint density at radius 1 is 1.29 bits per heavy atom. The molecule has 1 aromatic carbocycles. The number of hydrogen-bond acceptors (Lipinski definition) is 4. The molecule has 0 bridgehead atoms. The maximum Gasteiger partial charge on any atom is 0.237 e. The zero-order valence-electron chi connectivity index (χ0n) is 17.2. The molecule has 6 nitrogen and oxygen atoms in total. The number of rotatable bonds is 7. The summed E-state index contributed by atoms with van der Waals surface area (Å²) in [6, 6.07) is 7.84. The Hall–Kier alpha value is -1.92. The number of nitrogens with one attached hydrogen (secondary N) is 1. The summed E-state index contributed by atoms with van der Waals surface area (Å²) in [4.78, 5) is 29.2. The summed E-state index contributed by atoms with van der Waals surface area (Å²) in [5.74, 6) is 0.648. The van der Waals surface area contributed by atoms with Crippen molar-refractivity contribution in [2.75, 3.05) is 39.9 Å². The Labute approximate surface area is 168 Å². The van der Waals surface area contributed by atoms with E-state index in [-0.39, 0.29) is 18.2 Å². The summed E-state index contributed by atoms with van der Waals surface area (Å²) in [5, 5.41) is 2.93. The van der Waals surface area contributed by atoms with Crippen LogP contribution < -0.4 is 5.32 Å². The molecule has 0 radical (unpaired) electrons. The second-order valence-corrected chi connectivity index (χ2v) is 8.07. The third-order valence-electron chi connectivity index (χ3n) is 6.08. The third kappa shape index (κ3) is 5.55. The minimum atomic E-state index is -0.397. The number of aryl methyl sites for hydroxylation is 1. The van der Waals surface area contributed by atoms with E-state index in [1.807, 2.05) is 19.2 Å². The van der Waals surface area contributed by atoms with Crippen molar-refractivity contribution in [1.29, 1.82) is 0 Å². The number of carbonyl (C=O) groups excluding carboxylic acids is 2. The summed E-state index contributed by atoms with van der Waals surface area (Å²) >= 11 is 0. The highest BCUT2D eigenvalue weighted by molar-refractivity contribution is 5.88. The molecule has 1 aromatic rings. The normalized spacial score (nSPS) is 21.4. The van der Waals surface area contributed by atoms with Crippen LogP contribution in [0.3, 0.4) is 0 Å². The Bertz CT molecular complexity index is 673. The summed E-state index contributed by atoms with van der Waals surface area (Å²) < 4.78 is 5.40. The molecule has 2 heterocycles. The fourth-order valence-electron chi connectivity index (χ4n) is 4.04. The molecule has 0 aliphatic carbocycles. The van der Waals surface area contributed by atoms with Gasteiger partial charge in [0.1, 0.15) is 0 Å². The minimum Gasteiger partial charge on any atom is -0.381 e. The molecule has 2 fully saturated rings. The maximum atomic E-state index is 12.8. The predicted octanol–water partition coefficient (Wildman–Crippen LogP) is 1.96. The topological polar surface area (TPSA) is 61.9 Å². The van der Waals surface area contributed by atoms with Gasteiger partial charge in [-0.1, -0.05) is 24.3 Å². The lowest BCUT2D eigenvalue weighted by Gasteiger charge is -2.36. The van der Waals surface area contributed by atoms with Gasteiger partial charge in [0, 0.05) is 46.4 Å². The number of amides is 2. The zero-order chi connectivity index (χ0) is 19.9. The lowest BCUT2D eigenvalue weighted by atomic mass is 9.96. The second-order valence-electron chi connectivity index (χ2n) is 8.07. The van der Waals surface area contributed by atoms with E-state index < -0.39 is 6.04 Å². The van der Waals surface area contributed by atoms with Gasteiger partial charge in [0.15, 0.2) is 0 Å². The van der Waals surface area contributed by atoms with Crippen LogP contribution in [0, 0.1) is 12.8 Å². The molecular weight excluding hydrogens is 354 g/mol. The molecule has 1 N–H and O–H groups in total. The number of carbonyl (C=O) groups is 2. The summed E-state index contributed by atoms with van der Waals surface area (Å²) in [6.07, 6.45) is 3.41. The summed E-state index contributed by atoms with van der Waals surface area (Å²) in [7, 11) is 1.86. The van der Waals surface area contributed by atoms with E-state index in [9.17, 15) is 9.59 Å². The Balaban J connectivity index is 1.56. The second kappa shape index (κ2) is 10.0. The number of piperazine rings is 1. The molecule has 1 atom stereocenters. The third-order valence-corrected chi connectivity index (χ3v) is 6.08. The van der Waals surface area contributed by atoms with Crippen molar-refractivity contribution >= 4 is 11.8 Å². The smallest absolute Gasteiger partial charge is 0.237 e. The summed E-state index contributed by atoms with van der Waals surface area (Å²) in [6.45, 7) is 6.60. The number of hydrogen-bond donors (Lipinski definition) is 1. The molecule has 28 heavy (non-hydrogen) atoms. The van der Waals surface area contributed by atoms with Gasteiger partial charge in [0.2, 0.25) is 11.8 Å². The maximum absolute atomic E-state index is 12.8. The van der Waals surface area contributed by atoms with Crippen molar-refractivity contribution in [2.24, 2.45) is 5.92 Å². The van der Waals surface area contributed by atoms with Crippen LogP contribution in [-0.4, -0.2) is 67.6 Å². The van der Waals surface area contributed by atoms with Gasteiger partial charge in [-0.25, -0.2) is 0 Å². The van der Waals surface area contributed by atoms with Gasteiger partial charge in [0.05, 0.1) is 12.5 Å². The quantitative estimate of drug-likeness (QED) is 0.777. The lowest BCUT2D eigenvalue weighted by Crippen LogP contribution is -2.56. The van der Waals surface area contributed by atoms with Crippen molar-refractivity contribution in [1.82, 2.24) is 15.1 Å². The Kier molecular flexibility index (Phi) is 7.45. The molecule has 6 heteroatoms. The first kappa shape index (κ1) is 20.8. The average molecular weight is 388 g/mol. The van der Waals surface area contributed by atoms with Crippen molar-refractivity contribution in [3.8, 4) is 0 Å². The molecule has 0 spiro atoms. The molecule has 154 valence electrons.